The minimum atomic E-state index is -0.324. The third kappa shape index (κ3) is 3.45. The Balaban J connectivity index is 1.57. The zero-order valence-electron chi connectivity index (χ0n) is 12.2. The number of halogens is 1. The van der Waals surface area contributed by atoms with Crippen LogP contribution < -0.4 is 10.1 Å². The molecule has 2 aromatic rings. The molecule has 0 spiro atoms. The maximum Gasteiger partial charge on any atom is 0.258 e. The van der Waals surface area contributed by atoms with Crippen molar-refractivity contribution in [1.29, 1.82) is 0 Å². The number of aryl methyl sites for hydroxylation is 1. The normalized spacial score (nSPS) is 16.7. The van der Waals surface area contributed by atoms with E-state index in [1.165, 1.54) is 35.4 Å². The molecule has 0 bridgehead atoms. The lowest BCUT2D eigenvalue weighted by Gasteiger charge is -2.26. The second-order valence-electron chi connectivity index (χ2n) is 5.45. The third-order valence-electron chi connectivity index (χ3n) is 3.89. The minimum Gasteiger partial charge on any atom is -0.484 e. The van der Waals surface area contributed by atoms with Crippen LogP contribution in [0, 0.1) is 5.82 Å². The van der Waals surface area contributed by atoms with Crippen LogP contribution >= 0.6 is 0 Å². The second kappa shape index (κ2) is 6.60. The van der Waals surface area contributed by atoms with E-state index in [4.69, 9.17) is 4.74 Å². The summed E-state index contributed by atoms with van der Waals surface area (Å²) in [7, 11) is 0. The van der Waals surface area contributed by atoms with Crippen molar-refractivity contribution >= 4 is 5.91 Å². The van der Waals surface area contributed by atoms with Crippen LogP contribution in [-0.4, -0.2) is 12.5 Å². The van der Waals surface area contributed by atoms with E-state index < -0.39 is 0 Å². The Labute approximate surface area is 129 Å². The molecule has 0 saturated heterocycles. The molecule has 1 N–H and O–H groups in total. The molecule has 114 valence electrons. The first-order valence-electron chi connectivity index (χ1n) is 7.48. The van der Waals surface area contributed by atoms with Gasteiger partial charge in [0.25, 0.3) is 5.91 Å². The molecular formula is C18H18FNO2. The molecule has 0 aromatic heterocycles. The number of fused-ring (bicyclic) bond motifs is 1. The van der Waals surface area contributed by atoms with E-state index in [9.17, 15) is 9.18 Å². The van der Waals surface area contributed by atoms with Crippen LogP contribution in [-0.2, 0) is 11.2 Å². The number of ether oxygens (including phenoxy) is 1. The van der Waals surface area contributed by atoms with E-state index in [0.29, 0.717) is 5.75 Å². The predicted octanol–water partition coefficient (Wildman–Crippen LogP) is 3.40. The summed E-state index contributed by atoms with van der Waals surface area (Å²) < 4.78 is 18.2. The fourth-order valence-corrected chi connectivity index (χ4v) is 2.82. The van der Waals surface area contributed by atoms with Gasteiger partial charge in [-0.2, -0.15) is 0 Å². The van der Waals surface area contributed by atoms with E-state index in [1.807, 2.05) is 12.1 Å². The van der Waals surface area contributed by atoms with Crippen molar-refractivity contribution < 1.29 is 13.9 Å². The van der Waals surface area contributed by atoms with Gasteiger partial charge in [-0.15, -0.1) is 0 Å². The van der Waals surface area contributed by atoms with E-state index in [2.05, 4.69) is 17.4 Å². The lowest BCUT2D eigenvalue weighted by molar-refractivity contribution is -0.123. The van der Waals surface area contributed by atoms with Crippen LogP contribution in [0.15, 0.2) is 48.5 Å². The van der Waals surface area contributed by atoms with E-state index in [-0.39, 0.29) is 24.4 Å². The van der Waals surface area contributed by atoms with Gasteiger partial charge in [0, 0.05) is 0 Å². The van der Waals surface area contributed by atoms with E-state index >= 15 is 0 Å². The van der Waals surface area contributed by atoms with Crippen molar-refractivity contribution in [3.63, 3.8) is 0 Å². The van der Waals surface area contributed by atoms with Crippen LogP contribution in [0.3, 0.4) is 0 Å². The molecule has 1 atom stereocenters. The average molecular weight is 299 g/mol. The second-order valence-corrected chi connectivity index (χ2v) is 5.45. The number of carbonyl (C=O) groups excluding carboxylic acids is 1. The first-order valence-corrected chi connectivity index (χ1v) is 7.48. The van der Waals surface area contributed by atoms with Crippen molar-refractivity contribution in [3.05, 3.63) is 65.5 Å². The van der Waals surface area contributed by atoms with Crippen molar-refractivity contribution in [2.45, 2.75) is 25.3 Å². The summed E-state index contributed by atoms with van der Waals surface area (Å²) in [6, 6.07) is 13.9. The van der Waals surface area contributed by atoms with Crippen LogP contribution in [0.2, 0.25) is 0 Å². The highest BCUT2D eigenvalue weighted by atomic mass is 19.1. The first-order chi connectivity index (χ1) is 10.7. The first kappa shape index (κ1) is 14.6. The Kier molecular flexibility index (Phi) is 4.37. The summed E-state index contributed by atoms with van der Waals surface area (Å²) in [6.07, 6.45) is 3.08. The van der Waals surface area contributed by atoms with Crippen molar-refractivity contribution in [1.82, 2.24) is 5.32 Å². The average Bonchev–Trinajstić information content (AvgIpc) is 2.55. The highest BCUT2D eigenvalue weighted by Gasteiger charge is 2.21. The zero-order chi connectivity index (χ0) is 15.4. The summed E-state index contributed by atoms with van der Waals surface area (Å²) in [5.74, 6) is 0.00207. The molecule has 1 aliphatic carbocycles. The fraction of sp³-hybridized carbons (Fsp3) is 0.278. The minimum absolute atomic E-state index is 0.0502. The molecule has 2 aromatic carbocycles. The highest BCUT2D eigenvalue weighted by Crippen LogP contribution is 2.29. The molecule has 22 heavy (non-hydrogen) atoms. The predicted molar refractivity (Wildman–Crippen MR) is 82.2 cm³/mol. The quantitative estimate of drug-likeness (QED) is 0.939. The van der Waals surface area contributed by atoms with Crippen LogP contribution in [0.5, 0.6) is 5.75 Å². The molecule has 0 heterocycles. The van der Waals surface area contributed by atoms with E-state index in [0.717, 1.165) is 19.3 Å². The number of nitrogens with one attached hydrogen (secondary N) is 1. The van der Waals surface area contributed by atoms with Gasteiger partial charge < -0.3 is 10.1 Å². The number of amides is 1. The molecule has 3 rings (SSSR count). The number of hydrogen-bond donors (Lipinski definition) is 1. The number of hydrogen-bond acceptors (Lipinski definition) is 2. The Hall–Kier alpha value is -2.36. The molecule has 0 fully saturated rings. The summed E-state index contributed by atoms with van der Waals surface area (Å²) in [5, 5.41) is 3.02. The summed E-state index contributed by atoms with van der Waals surface area (Å²) in [5.41, 5.74) is 2.50. The van der Waals surface area contributed by atoms with Gasteiger partial charge in [0.05, 0.1) is 6.04 Å². The standard InChI is InChI=1S/C18H18FNO2/c19-14-8-10-15(11-9-14)22-12-18(21)20-17-7-3-5-13-4-1-2-6-16(13)17/h1-2,4,6,8-11,17H,3,5,7,12H2,(H,20,21)/t17-/m0/s1. The lowest BCUT2D eigenvalue weighted by Crippen LogP contribution is -2.34. The maximum absolute atomic E-state index is 12.8. The van der Waals surface area contributed by atoms with Gasteiger partial charge in [-0.1, -0.05) is 24.3 Å². The fourth-order valence-electron chi connectivity index (χ4n) is 2.82. The molecule has 0 saturated carbocycles. The lowest BCUT2D eigenvalue weighted by atomic mass is 9.88. The molecule has 3 nitrogen and oxygen atoms in total. The van der Waals surface area contributed by atoms with Gasteiger partial charge in [0.15, 0.2) is 6.61 Å². The van der Waals surface area contributed by atoms with Crippen molar-refractivity contribution in [3.8, 4) is 5.75 Å². The van der Waals surface area contributed by atoms with Gasteiger partial charge in [-0.25, -0.2) is 4.39 Å². The third-order valence-corrected chi connectivity index (χ3v) is 3.89. The highest BCUT2D eigenvalue weighted by molar-refractivity contribution is 5.78. The molecule has 0 unspecified atom stereocenters. The molecule has 1 amide bonds. The van der Waals surface area contributed by atoms with Crippen LogP contribution in [0.25, 0.3) is 0 Å². The van der Waals surface area contributed by atoms with Gasteiger partial charge in [0.2, 0.25) is 0 Å². The van der Waals surface area contributed by atoms with Gasteiger partial charge in [-0.05, 0) is 54.7 Å². The SMILES string of the molecule is O=C(COc1ccc(F)cc1)N[C@H]1CCCc2ccccc21. The maximum atomic E-state index is 12.8. The summed E-state index contributed by atoms with van der Waals surface area (Å²) in [4.78, 5) is 12.1. The van der Waals surface area contributed by atoms with Crippen LogP contribution in [0.1, 0.15) is 30.0 Å². The Bertz CT molecular complexity index is 654. The Morgan fingerprint density at radius 1 is 1.18 bits per heavy atom. The van der Waals surface area contributed by atoms with Gasteiger partial charge in [0.1, 0.15) is 11.6 Å². The molecule has 4 heteroatoms. The molecule has 0 aliphatic heterocycles. The van der Waals surface area contributed by atoms with Gasteiger partial charge >= 0.3 is 0 Å². The number of rotatable bonds is 4. The Morgan fingerprint density at radius 3 is 2.77 bits per heavy atom. The smallest absolute Gasteiger partial charge is 0.258 e. The summed E-state index contributed by atoms with van der Waals surface area (Å²) >= 11 is 0. The van der Waals surface area contributed by atoms with Crippen LogP contribution in [0.4, 0.5) is 4.39 Å². The molecular weight excluding hydrogens is 281 g/mol. The van der Waals surface area contributed by atoms with Crippen molar-refractivity contribution in [2.24, 2.45) is 0 Å². The zero-order valence-corrected chi connectivity index (χ0v) is 12.2. The van der Waals surface area contributed by atoms with Gasteiger partial charge in [-0.3, -0.25) is 4.79 Å². The number of carbonyl (C=O) groups is 1. The monoisotopic (exact) mass is 299 g/mol. The van der Waals surface area contributed by atoms with E-state index in [1.54, 1.807) is 0 Å². The topological polar surface area (TPSA) is 38.3 Å². The van der Waals surface area contributed by atoms with Crippen molar-refractivity contribution in [2.75, 3.05) is 6.61 Å². The molecule has 1 aliphatic rings. The largest absolute Gasteiger partial charge is 0.484 e. The summed E-state index contributed by atoms with van der Waals surface area (Å²) in [6.45, 7) is -0.0652. The molecule has 0 radical (unpaired) electrons. The number of benzene rings is 2. The Morgan fingerprint density at radius 2 is 1.95 bits per heavy atom.